The Morgan fingerprint density at radius 3 is 2.91 bits per heavy atom. The lowest BCUT2D eigenvalue weighted by molar-refractivity contribution is -0.132. The molecule has 11 heavy (non-hydrogen) atoms. The lowest BCUT2D eigenvalue weighted by atomic mass is 9.91. The Morgan fingerprint density at radius 1 is 1.82 bits per heavy atom. The maximum Gasteiger partial charge on any atom is 0.331 e. The molecule has 1 aliphatic carbocycles. The van der Waals surface area contributed by atoms with Crippen LogP contribution in [0.2, 0.25) is 0 Å². The van der Waals surface area contributed by atoms with E-state index in [0.717, 1.165) is 0 Å². The number of carboxylic acid groups (broad SMARTS) is 1. The molecule has 1 rings (SSSR count). The number of nitriles is 1. The number of aliphatic carboxylic acids is 1. The van der Waals surface area contributed by atoms with Crippen molar-refractivity contribution in [1.82, 2.24) is 0 Å². The second-order valence-electron chi connectivity index (χ2n) is 2.63. The van der Waals surface area contributed by atoms with E-state index in [1.165, 1.54) is 0 Å². The van der Waals surface area contributed by atoms with Gasteiger partial charge in [-0.1, -0.05) is 6.08 Å². The third-order valence-electron chi connectivity index (χ3n) is 1.87. The summed E-state index contributed by atoms with van der Waals surface area (Å²) >= 11 is 0. The predicted octanol–water partition coefficient (Wildman–Crippen LogP) is 1.32. The van der Waals surface area contributed by atoms with Crippen LogP contribution in [0, 0.1) is 17.2 Å². The Morgan fingerprint density at radius 2 is 2.55 bits per heavy atom. The minimum atomic E-state index is -0.846. The molecule has 0 amide bonds. The fourth-order valence-electron chi connectivity index (χ4n) is 1.15. The van der Waals surface area contributed by atoms with Gasteiger partial charge in [0.15, 0.2) is 0 Å². The smallest absolute Gasteiger partial charge is 0.331 e. The summed E-state index contributed by atoms with van der Waals surface area (Å²) in [7, 11) is 0. The summed E-state index contributed by atoms with van der Waals surface area (Å²) in [6, 6.07) is 2.13. The van der Waals surface area contributed by atoms with Crippen molar-refractivity contribution in [2.45, 2.75) is 19.3 Å². The molecule has 3 nitrogen and oxygen atoms in total. The van der Waals surface area contributed by atoms with E-state index >= 15 is 0 Å². The highest BCUT2D eigenvalue weighted by atomic mass is 16.4. The fourth-order valence-corrected chi connectivity index (χ4v) is 1.15. The summed E-state index contributed by atoms with van der Waals surface area (Å²) in [5.74, 6) is -0.820. The van der Waals surface area contributed by atoms with E-state index in [2.05, 4.69) is 6.07 Å². The molecule has 1 atom stereocenters. The van der Waals surface area contributed by atoms with Crippen molar-refractivity contribution >= 4 is 5.97 Å². The molecule has 1 aliphatic rings. The van der Waals surface area contributed by atoms with Gasteiger partial charge >= 0.3 is 5.97 Å². The summed E-state index contributed by atoms with van der Waals surface area (Å²) in [5.41, 5.74) is 0.455. The van der Waals surface area contributed by atoms with Gasteiger partial charge in [-0.05, 0) is 19.3 Å². The number of hydrogen-bond acceptors (Lipinski definition) is 2. The predicted molar refractivity (Wildman–Crippen MR) is 38.7 cm³/mol. The van der Waals surface area contributed by atoms with Crippen molar-refractivity contribution in [3.05, 3.63) is 11.6 Å². The van der Waals surface area contributed by atoms with Gasteiger partial charge in [0.05, 0.1) is 12.0 Å². The Labute approximate surface area is 64.9 Å². The van der Waals surface area contributed by atoms with Crippen LogP contribution >= 0.6 is 0 Å². The molecule has 0 fully saturated rings. The second-order valence-corrected chi connectivity index (χ2v) is 2.63. The third-order valence-corrected chi connectivity index (χ3v) is 1.87. The average molecular weight is 151 g/mol. The molecule has 0 aromatic carbocycles. The van der Waals surface area contributed by atoms with Crippen molar-refractivity contribution in [2.75, 3.05) is 0 Å². The van der Waals surface area contributed by atoms with Crippen LogP contribution in [0.15, 0.2) is 11.6 Å². The second kappa shape index (κ2) is 3.20. The van der Waals surface area contributed by atoms with E-state index in [-0.39, 0.29) is 5.92 Å². The minimum Gasteiger partial charge on any atom is -0.478 e. The highest BCUT2D eigenvalue weighted by molar-refractivity contribution is 5.86. The zero-order valence-corrected chi connectivity index (χ0v) is 6.08. The van der Waals surface area contributed by atoms with Crippen molar-refractivity contribution in [3.8, 4) is 6.07 Å². The minimum absolute atomic E-state index is 0.0260. The first-order chi connectivity index (χ1) is 5.24. The first-order valence-electron chi connectivity index (χ1n) is 3.56. The van der Waals surface area contributed by atoms with Crippen LogP contribution < -0.4 is 0 Å². The molecule has 0 saturated heterocycles. The molecule has 0 aromatic rings. The Balaban J connectivity index is 2.59. The van der Waals surface area contributed by atoms with Crippen LogP contribution in [-0.2, 0) is 4.79 Å². The highest BCUT2D eigenvalue weighted by Gasteiger charge is 2.16. The maximum absolute atomic E-state index is 10.4. The molecule has 0 radical (unpaired) electrons. The van der Waals surface area contributed by atoms with E-state index in [9.17, 15) is 4.79 Å². The molecular formula is C8H9NO2. The van der Waals surface area contributed by atoms with Crippen LogP contribution in [0.5, 0.6) is 0 Å². The quantitative estimate of drug-likeness (QED) is 0.614. The number of nitrogens with zero attached hydrogens (tertiary/aromatic N) is 1. The molecule has 0 aromatic heterocycles. The molecule has 0 heterocycles. The van der Waals surface area contributed by atoms with Crippen LogP contribution in [0.4, 0.5) is 0 Å². The summed E-state index contributed by atoms with van der Waals surface area (Å²) in [6.07, 6.45) is 3.47. The van der Waals surface area contributed by atoms with Gasteiger partial charge < -0.3 is 5.11 Å². The van der Waals surface area contributed by atoms with Gasteiger partial charge in [-0.3, -0.25) is 0 Å². The van der Waals surface area contributed by atoms with Crippen LogP contribution in [0.3, 0.4) is 0 Å². The molecule has 1 N–H and O–H groups in total. The van der Waals surface area contributed by atoms with E-state index in [4.69, 9.17) is 10.4 Å². The van der Waals surface area contributed by atoms with Gasteiger partial charge in [0, 0.05) is 5.57 Å². The number of carbonyl (C=O) groups is 1. The molecule has 58 valence electrons. The monoisotopic (exact) mass is 151 g/mol. The van der Waals surface area contributed by atoms with Crippen LogP contribution in [0.1, 0.15) is 19.3 Å². The highest BCUT2D eigenvalue weighted by Crippen LogP contribution is 2.22. The van der Waals surface area contributed by atoms with Crippen molar-refractivity contribution in [3.63, 3.8) is 0 Å². The zero-order valence-electron chi connectivity index (χ0n) is 6.08. The summed E-state index contributed by atoms with van der Waals surface area (Å²) in [4.78, 5) is 10.4. The first kappa shape index (κ1) is 7.80. The zero-order chi connectivity index (χ0) is 8.27. The van der Waals surface area contributed by atoms with Crippen molar-refractivity contribution in [2.24, 2.45) is 5.92 Å². The summed E-state index contributed by atoms with van der Waals surface area (Å²) in [5, 5.41) is 17.0. The van der Waals surface area contributed by atoms with E-state index in [0.29, 0.717) is 24.8 Å². The number of carboxylic acids is 1. The maximum atomic E-state index is 10.4. The molecule has 0 aliphatic heterocycles. The third kappa shape index (κ3) is 1.81. The molecule has 0 saturated carbocycles. The molecular weight excluding hydrogens is 142 g/mol. The lowest BCUT2D eigenvalue weighted by Crippen LogP contribution is -2.09. The fraction of sp³-hybridized carbons (Fsp3) is 0.500. The van der Waals surface area contributed by atoms with Gasteiger partial charge in [-0.15, -0.1) is 0 Å². The molecule has 3 heteroatoms. The largest absolute Gasteiger partial charge is 0.478 e. The van der Waals surface area contributed by atoms with E-state index in [1.54, 1.807) is 6.08 Å². The van der Waals surface area contributed by atoms with Gasteiger partial charge in [0.25, 0.3) is 0 Å². The Bertz CT molecular complexity index is 237. The summed E-state index contributed by atoms with van der Waals surface area (Å²) < 4.78 is 0. The number of hydrogen-bond donors (Lipinski definition) is 1. The van der Waals surface area contributed by atoms with Crippen LogP contribution in [0.25, 0.3) is 0 Å². The van der Waals surface area contributed by atoms with Gasteiger partial charge in [0.1, 0.15) is 0 Å². The van der Waals surface area contributed by atoms with E-state index in [1.807, 2.05) is 0 Å². The normalized spacial score (nSPS) is 23.5. The van der Waals surface area contributed by atoms with Crippen molar-refractivity contribution < 1.29 is 9.90 Å². The van der Waals surface area contributed by atoms with E-state index < -0.39 is 5.97 Å². The van der Waals surface area contributed by atoms with Gasteiger partial charge in [0.2, 0.25) is 0 Å². The molecule has 0 bridgehead atoms. The number of rotatable bonds is 1. The Hall–Kier alpha value is -1.30. The molecule has 0 spiro atoms. The van der Waals surface area contributed by atoms with Crippen molar-refractivity contribution in [1.29, 1.82) is 5.26 Å². The topological polar surface area (TPSA) is 61.1 Å². The SMILES string of the molecule is N#CC1CC=C(C(=O)O)CC1. The standard InChI is InChI=1S/C8H9NO2/c9-5-6-1-3-7(4-2-6)8(10)11/h3,6H,1-2,4H2,(H,10,11). The van der Waals surface area contributed by atoms with Gasteiger partial charge in [-0.25, -0.2) is 4.79 Å². The Kier molecular flexibility index (Phi) is 2.27. The average Bonchev–Trinajstić information content (AvgIpc) is 2.05. The van der Waals surface area contributed by atoms with Gasteiger partial charge in [-0.2, -0.15) is 5.26 Å². The number of allylic oxidation sites excluding steroid dienone is 1. The summed E-state index contributed by atoms with van der Waals surface area (Å²) in [6.45, 7) is 0. The van der Waals surface area contributed by atoms with Crippen LogP contribution in [-0.4, -0.2) is 11.1 Å². The first-order valence-corrected chi connectivity index (χ1v) is 3.56. The molecule has 1 unspecified atom stereocenters. The lowest BCUT2D eigenvalue weighted by Gasteiger charge is -2.12.